The van der Waals surface area contributed by atoms with Gasteiger partial charge in [-0.1, -0.05) is 182 Å². The van der Waals surface area contributed by atoms with Crippen molar-refractivity contribution >= 4 is 23.9 Å². The van der Waals surface area contributed by atoms with Crippen molar-refractivity contribution in [1.29, 1.82) is 0 Å². The van der Waals surface area contributed by atoms with Crippen molar-refractivity contribution in [1.82, 2.24) is 0 Å². The molecule has 0 aromatic heterocycles. The second kappa shape index (κ2) is 21.1. The Morgan fingerprint density at radius 1 is 0.475 bits per heavy atom. The number of hydrogen-bond acceptors (Lipinski definition) is 8. The first kappa shape index (κ1) is 44.8. The van der Waals surface area contributed by atoms with Gasteiger partial charge in [0.15, 0.2) is 0 Å². The van der Waals surface area contributed by atoms with Crippen LogP contribution in [0, 0.1) is 0 Å². The molecule has 0 heterocycles. The molecule has 2 aliphatic rings. The Morgan fingerprint density at radius 2 is 0.746 bits per heavy atom. The highest BCUT2D eigenvalue weighted by atomic mass is 16.5. The van der Waals surface area contributed by atoms with Gasteiger partial charge in [0, 0.05) is 11.8 Å². The van der Waals surface area contributed by atoms with Crippen LogP contribution in [0.1, 0.15) is 131 Å². The second-order valence-electron chi connectivity index (χ2n) is 15.9. The lowest BCUT2D eigenvalue weighted by atomic mass is 9.92. The summed E-state index contributed by atoms with van der Waals surface area (Å²) in [6, 6.07) is 32.1. The summed E-state index contributed by atoms with van der Waals surface area (Å²) in [5, 5.41) is 19.2. The van der Waals surface area contributed by atoms with Crippen LogP contribution >= 0.6 is 0 Å². The van der Waals surface area contributed by atoms with Gasteiger partial charge in [0.25, 0.3) is 0 Å². The highest BCUT2D eigenvalue weighted by Crippen LogP contribution is 2.46. The second-order valence-corrected chi connectivity index (χ2v) is 15.9. The Labute approximate surface area is 348 Å². The molecule has 314 valence electrons. The molecule has 0 radical (unpaired) electrons. The van der Waals surface area contributed by atoms with E-state index in [1.54, 1.807) is 0 Å². The number of carboxylic acids is 2. The van der Waals surface area contributed by atoms with E-state index >= 15 is 0 Å². The van der Waals surface area contributed by atoms with Crippen molar-refractivity contribution in [3.63, 3.8) is 0 Å². The van der Waals surface area contributed by atoms with E-state index in [2.05, 4.69) is 26.0 Å². The van der Waals surface area contributed by atoms with Gasteiger partial charge >= 0.3 is 23.9 Å². The number of aliphatic carboxylic acids is 2. The Balaban J connectivity index is 0.000000225. The number of nitrogens with two attached hydrogens (primary N) is 2. The molecule has 0 aliphatic heterocycles. The Kier molecular flexibility index (Phi) is 16.0. The highest BCUT2D eigenvalue weighted by molar-refractivity contribution is 6.04. The van der Waals surface area contributed by atoms with Crippen LogP contribution in [0.15, 0.2) is 97.1 Å². The van der Waals surface area contributed by atoms with Crippen LogP contribution in [-0.4, -0.2) is 58.4 Å². The van der Waals surface area contributed by atoms with E-state index < -0.39 is 35.0 Å². The summed E-state index contributed by atoms with van der Waals surface area (Å²) in [5.74, 6) is -4.61. The molecule has 59 heavy (non-hydrogen) atoms. The van der Waals surface area contributed by atoms with Crippen LogP contribution < -0.4 is 11.5 Å². The minimum atomic E-state index is -2.00. The van der Waals surface area contributed by atoms with Crippen molar-refractivity contribution in [2.24, 2.45) is 11.5 Å². The average molecular weight is 805 g/mol. The topological polar surface area (TPSA) is 179 Å². The summed E-state index contributed by atoms with van der Waals surface area (Å²) in [5.41, 5.74) is 16.8. The number of carboxylic acid groups (broad SMARTS) is 2. The third kappa shape index (κ3) is 10.5. The molecule has 10 nitrogen and oxygen atoms in total. The number of benzene rings is 4. The van der Waals surface area contributed by atoms with Gasteiger partial charge in [0.2, 0.25) is 11.1 Å². The molecule has 0 fully saturated rings. The molecule has 0 spiro atoms. The number of esters is 2. The van der Waals surface area contributed by atoms with Gasteiger partial charge in [-0.2, -0.15) is 0 Å². The zero-order valence-corrected chi connectivity index (χ0v) is 34.5. The number of ether oxygens (including phenoxy) is 2. The fourth-order valence-corrected chi connectivity index (χ4v) is 8.24. The maximum absolute atomic E-state index is 12.8. The third-order valence-electron chi connectivity index (χ3n) is 11.8. The maximum atomic E-state index is 12.8. The monoisotopic (exact) mass is 804 g/mol. The average Bonchev–Trinajstić information content (AvgIpc) is 3.75. The molecule has 0 saturated carbocycles. The van der Waals surface area contributed by atoms with Gasteiger partial charge in [0.1, 0.15) is 13.2 Å². The predicted octanol–water partition coefficient (Wildman–Crippen LogP) is 9.36. The smallest absolute Gasteiger partial charge is 0.337 e. The zero-order chi connectivity index (χ0) is 42.4. The molecular weight excluding hydrogens is 745 g/mol. The first-order chi connectivity index (χ1) is 28.5. The van der Waals surface area contributed by atoms with E-state index in [4.69, 9.17) is 20.9 Å². The first-order valence-corrected chi connectivity index (χ1v) is 21.2. The molecule has 4 aromatic carbocycles. The summed E-state index contributed by atoms with van der Waals surface area (Å²) in [6.07, 6.45) is 10.8. The molecule has 4 aromatic rings. The van der Waals surface area contributed by atoms with Crippen LogP contribution in [0.5, 0.6) is 0 Å². The van der Waals surface area contributed by atoms with E-state index in [0.717, 1.165) is 83.0 Å². The lowest BCUT2D eigenvalue weighted by molar-refractivity contribution is -0.163. The maximum Gasteiger partial charge on any atom is 0.337 e. The van der Waals surface area contributed by atoms with E-state index in [1.807, 2.05) is 84.9 Å². The SMILES string of the molecule is CCCCCCC(N)(C(=O)O)C(=O)OCC1c2ccccc2-c2ccccc21.CCCCCCCCCC(N)(C(=O)O)C(=O)OCC1c2ccccc2-c2ccccc21. The van der Waals surface area contributed by atoms with Crippen molar-refractivity contribution in [3.05, 3.63) is 119 Å². The minimum Gasteiger partial charge on any atom is -0.479 e. The fourth-order valence-electron chi connectivity index (χ4n) is 8.24. The number of rotatable bonds is 21. The molecule has 0 amide bonds. The van der Waals surface area contributed by atoms with Gasteiger partial charge in [0.05, 0.1) is 0 Å². The summed E-state index contributed by atoms with van der Waals surface area (Å²) in [7, 11) is 0. The Morgan fingerprint density at radius 3 is 1.05 bits per heavy atom. The molecule has 2 atom stereocenters. The molecular formula is C49H60N2O8. The highest BCUT2D eigenvalue weighted by Gasteiger charge is 2.45. The number of carbonyl (C=O) groups is 4. The quantitative estimate of drug-likeness (QED) is 0.0360. The molecule has 10 heteroatoms. The van der Waals surface area contributed by atoms with E-state index in [0.29, 0.717) is 12.8 Å². The summed E-state index contributed by atoms with van der Waals surface area (Å²) < 4.78 is 11.0. The summed E-state index contributed by atoms with van der Waals surface area (Å²) >= 11 is 0. The van der Waals surface area contributed by atoms with Crippen LogP contribution in [0.25, 0.3) is 22.3 Å². The predicted molar refractivity (Wildman–Crippen MR) is 230 cm³/mol. The third-order valence-corrected chi connectivity index (χ3v) is 11.8. The Bertz CT molecular complexity index is 1970. The molecule has 2 unspecified atom stereocenters. The summed E-state index contributed by atoms with van der Waals surface area (Å²) in [4.78, 5) is 48.9. The van der Waals surface area contributed by atoms with Crippen molar-refractivity contribution in [3.8, 4) is 22.3 Å². The number of unbranched alkanes of at least 4 members (excludes halogenated alkanes) is 9. The van der Waals surface area contributed by atoms with Crippen molar-refractivity contribution < 1.29 is 38.9 Å². The lowest BCUT2D eigenvalue weighted by Gasteiger charge is -2.24. The summed E-state index contributed by atoms with van der Waals surface area (Å²) in [6.45, 7) is 4.40. The van der Waals surface area contributed by atoms with Crippen molar-refractivity contribution in [2.45, 2.75) is 120 Å². The van der Waals surface area contributed by atoms with Crippen LogP contribution in [0.2, 0.25) is 0 Å². The standard InChI is InChI=1S/C26H33NO4.C23H27NO4/c1-2-3-4-5-6-7-12-17-26(27,24(28)29)25(30)31-18-23-21-15-10-8-13-19(21)20-14-9-11-16-22(20)23;1-2-3-4-9-14-23(24,21(25)26)22(27)28-15-20-18-12-7-5-10-16(18)17-11-6-8-13-19(17)20/h8-11,13-16,23H,2-7,12,17-18,27H2,1H3,(H,28,29);5-8,10-13,20H,2-4,9,14-15,24H2,1H3,(H,25,26). The zero-order valence-electron chi connectivity index (χ0n) is 34.5. The van der Waals surface area contributed by atoms with Gasteiger partial charge in [-0.3, -0.25) is 0 Å². The normalized spacial score (nSPS) is 14.6. The van der Waals surface area contributed by atoms with Crippen LogP contribution in [-0.2, 0) is 28.7 Å². The van der Waals surface area contributed by atoms with Crippen LogP contribution in [0.4, 0.5) is 0 Å². The number of carbonyl (C=O) groups excluding carboxylic acids is 2. The van der Waals surface area contributed by atoms with E-state index in [9.17, 15) is 29.4 Å². The van der Waals surface area contributed by atoms with Crippen molar-refractivity contribution in [2.75, 3.05) is 13.2 Å². The number of hydrogen-bond donors (Lipinski definition) is 4. The van der Waals surface area contributed by atoms with Gasteiger partial charge in [-0.25, -0.2) is 19.2 Å². The molecule has 0 saturated heterocycles. The molecule has 6 rings (SSSR count). The van der Waals surface area contributed by atoms with Gasteiger partial charge in [-0.15, -0.1) is 0 Å². The number of fused-ring (bicyclic) bond motifs is 6. The molecule has 0 bridgehead atoms. The van der Waals surface area contributed by atoms with E-state index in [1.165, 1.54) is 19.3 Å². The van der Waals surface area contributed by atoms with Gasteiger partial charge in [-0.05, 0) is 57.3 Å². The van der Waals surface area contributed by atoms with E-state index in [-0.39, 0.29) is 37.9 Å². The molecule has 6 N–H and O–H groups in total. The van der Waals surface area contributed by atoms with Crippen LogP contribution in [0.3, 0.4) is 0 Å². The fraction of sp³-hybridized carbons (Fsp3) is 0.429. The first-order valence-electron chi connectivity index (χ1n) is 21.2. The largest absolute Gasteiger partial charge is 0.479 e. The van der Waals surface area contributed by atoms with Gasteiger partial charge < -0.3 is 31.2 Å². The lowest BCUT2D eigenvalue weighted by Crippen LogP contribution is -2.56. The molecule has 2 aliphatic carbocycles. The minimum absolute atomic E-state index is 0.0774. The Hall–Kier alpha value is -5.32.